The maximum atomic E-state index is 13.0. The molecule has 8 nitrogen and oxygen atoms in total. The smallest absolute Gasteiger partial charge is 0.321 e. The van der Waals surface area contributed by atoms with E-state index in [0.717, 1.165) is 22.2 Å². The van der Waals surface area contributed by atoms with Crippen molar-refractivity contribution in [2.24, 2.45) is 0 Å². The molecule has 4 rings (SSSR count). The van der Waals surface area contributed by atoms with Crippen LogP contribution >= 0.6 is 0 Å². The zero-order chi connectivity index (χ0) is 20.6. The fraction of sp³-hybridized carbons (Fsp3) is 0.263. The Balaban J connectivity index is 1.48. The number of nitrogens with one attached hydrogen (secondary N) is 1. The molecule has 1 amide bonds. The highest BCUT2D eigenvalue weighted by Gasteiger charge is 2.32. The standard InChI is InChI=1S/C19H18F2N6O2/c1-12(24-18(28)19(2,20)21)10-29-15-4-5-16-13(7-15)8-23-27(16)14-3-6-17-25-22-11-26(17)9-14/h3-9,11-12H,10H2,1-2H3,(H,24,28)/t12-/m0/s1. The Morgan fingerprint density at radius 2 is 2.14 bits per heavy atom. The van der Waals surface area contributed by atoms with E-state index in [1.165, 1.54) is 0 Å². The van der Waals surface area contributed by atoms with E-state index in [4.69, 9.17) is 4.74 Å². The van der Waals surface area contributed by atoms with Gasteiger partial charge in [0.1, 0.15) is 18.7 Å². The molecular formula is C19H18F2N6O2. The third kappa shape index (κ3) is 3.86. The van der Waals surface area contributed by atoms with E-state index < -0.39 is 17.9 Å². The number of hydrogen-bond acceptors (Lipinski definition) is 5. The van der Waals surface area contributed by atoms with Crippen LogP contribution < -0.4 is 10.1 Å². The van der Waals surface area contributed by atoms with Gasteiger partial charge in [0.05, 0.1) is 23.4 Å². The number of pyridine rings is 1. The lowest BCUT2D eigenvalue weighted by Gasteiger charge is -2.17. The molecule has 0 radical (unpaired) electrons. The number of amides is 1. The SMILES string of the molecule is C[C@@H](COc1ccc2c(cnn2-c2ccc3nncn3c2)c1)NC(=O)C(C)(F)F. The zero-order valence-corrected chi connectivity index (χ0v) is 15.7. The van der Waals surface area contributed by atoms with E-state index in [0.29, 0.717) is 12.7 Å². The number of nitrogens with zero attached hydrogens (tertiary/aromatic N) is 5. The Morgan fingerprint density at radius 3 is 2.93 bits per heavy atom. The van der Waals surface area contributed by atoms with Crippen LogP contribution in [0, 0.1) is 0 Å². The summed E-state index contributed by atoms with van der Waals surface area (Å²) in [5, 5.41) is 15.3. The summed E-state index contributed by atoms with van der Waals surface area (Å²) in [5.74, 6) is -4.19. The van der Waals surface area contributed by atoms with E-state index in [9.17, 15) is 13.6 Å². The minimum atomic E-state index is -3.42. The fourth-order valence-electron chi connectivity index (χ4n) is 2.86. The van der Waals surface area contributed by atoms with Gasteiger partial charge in [-0.2, -0.15) is 13.9 Å². The highest BCUT2D eigenvalue weighted by atomic mass is 19.3. The van der Waals surface area contributed by atoms with Gasteiger partial charge >= 0.3 is 5.92 Å². The molecule has 0 unspecified atom stereocenters. The second kappa shape index (κ2) is 7.12. The first-order chi connectivity index (χ1) is 13.8. The molecule has 1 aromatic carbocycles. The van der Waals surface area contributed by atoms with E-state index >= 15 is 0 Å². The van der Waals surface area contributed by atoms with Gasteiger partial charge in [0.15, 0.2) is 5.65 Å². The quantitative estimate of drug-likeness (QED) is 0.538. The number of halogens is 2. The second-order valence-corrected chi connectivity index (χ2v) is 6.83. The van der Waals surface area contributed by atoms with Gasteiger partial charge in [-0.05, 0) is 37.3 Å². The molecule has 1 atom stereocenters. The van der Waals surface area contributed by atoms with Crippen molar-refractivity contribution in [3.05, 3.63) is 49.1 Å². The predicted molar refractivity (Wildman–Crippen MR) is 101 cm³/mol. The van der Waals surface area contributed by atoms with Crippen LogP contribution in [0.1, 0.15) is 13.8 Å². The van der Waals surface area contributed by atoms with Gasteiger partial charge < -0.3 is 10.1 Å². The molecular weight excluding hydrogens is 382 g/mol. The summed E-state index contributed by atoms with van der Waals surface area (Å²) in [6, 6.07) is 8.61. The first kappa shape index (κ1) is 18.8. The molecule has 0 bridgehead atoms. The van der Waals surface area contributed by atoms with Gasteiger partial charge in [0.2, 0.25) is 0 Å². The molecule has 0 spiro atoms. The molecule has 0 aliphatic heterocycles. The summed E-state index contributed by atoms with van der Waals surface area (Å²) in [5.41, 5.74) is 2.46. The van der Waals surface area contributed by atoms with Crippen LogP contribution in [-0.2, 0) is 4.79 Å². The molecule has 29 heavy (non-hydrogen) atoms. The lowest BCUT2D eigenvalue weighted by Crippen LogP contribution is -2.44. The fourth-order valence-corrected chi connectivity index (χ4v) is 2.86. The largest absolute Gasteiger partial charge is 0.491 e. The van der Waals surface area contributed by atoms with Crippen LogP contribution in [0.3, 0.4) is 0 Å². The Hall–Kier alpha value is -3.56. The lowest BCUT2D eigenvalue weighted by atomic mass is 10.2. The number of aromatic nitrogens is 5. The normalized spacial score (nSPS) is 13.0. The molecule has 4 aromatic rings. The van der Waals surface area contributed by atoms with E-state index in [-0.39, 0.29) is 6.61 Å². The maximum absolute atomic E-state index is 13.0. The first-order valence-corrected chi connectivity index (χ1v) is 8.90. The summed E-state index contributed by atoms with van der Waals surface area (Å²) in [6.07, 6.45) is 5.20. The van der Waals surface area contributed by atoms with E-state index in [1.807, 2.05) is 24.4 Å². The van der Waals surface area contributed by atoms with Crippen molar-refractivity contribution in [2.75, 3.05) is 6.61 Å². The number of alkyl halides is 2. The second-order valence-electron chi connectivity index (χ2n) is 6.83. The molecule has 0 aliphatic carbocycles. The van der Waals surface area contributed by atoms with Crippen LogP contribution in [0.5, 0.6) is 5.75 Å². The van der Waals surface area contributed by atoms with Crippen molar-refractivity contribution in [3.8, 4) is 11.4 Å². The molecule has 3 heterocycles. The highest BCUT2D eigenvalue weighted by Crippen LogP contribution is 2.23. The van der Waals surface area contributed by atoms with Crippen molar-refractivity contribution in [3.63, 3.8) is 0 Å². The number of benzene rings is 1. The molecule has 3 aromatic heterocycles. The summed E-state index contributed by atoms with van der Waals surface area (Å²) < 4.78 is 35.1. The monoisotopic (exact) mass is 400 g/mol. The summed E-state index contributed by atoms with van der Waals surface area (Å²) in [7, 11) is 0. The molecule has 150 valence electrons. The molecule has 0 saturated carbocycles. The number of rotatable bonds is 6. The average Bonchev–Trinajstić information content (AvgIpc) is 3.31. The number of ether oxygens (including phenoxy) is 1. The number of hydrogen-bond donors (Lipinski definition) is 1. The summed E-state index contributed by atoms with van der Waals surface area (Å²) in [4.78, 5) is 11.3. The Morgan fingerprint density at radius 1 is 1.31 bits per heavy atom. The molecule has 0 aliphatic rings. The molecule has 1 N–H and O–H groups in total. The van der Waals surface area contributed by atoms with Crippen molar-refractivity contribution < 1.29 is 18.3 Å². The number of carbonyl (C=O) groups is 1. The van der Waals surface area contributed by atoms with Crippen LogP contribution in [0.2, 0.25) is 0 Å². The van der Waals surface area contributed by atoms with Gasteiger partial charge in [-0.1, -0.05) is 0 Å². The summed E-state index contributed by atoms with van der Waals surface area (Å²) in [6.45, 7) is 2.22. The van der Waals surface area contributed by atoms with Gasteiger partial charge in [-0.3, -0.25) is 9.20 Å². The minimum Gasteiger partial charge on any atom is -0.491 e. The number of carbonyl (C=O) groups excluding carboxylic acids is 1. The third-order valence-electron chi connectivity index (χ3n) is 4.34. The van der Waals surface area contributed by atoms with Crippen LogP contribution in [0.15, 0.2) is 49.1 Å². The van der Waals surface area contributed by atoms with Gasteiger partial charge in [-0.15, -0.1) is 10.2 Å². The Bertz CT molecular complexity index is 1180. The molecule has 10 heteroatoms. The van der Waals surface area contributed by atoms with Gasteiger partial charge in [0, 0.05) is 18.5 Å². The van der Waals surface area contributed by atoms with Crippen molar-refractivity contribution in [1.29, 1.82) is 0 Å². The molecule has 0 fully saturated rings. The number of fused-ring (bicyclic) bond motifs is 2. The van der Waals surface area contributed by atoms with E-state index in [1.54, 1.807) is 40.7 Å². The maximum Gasteiger partial charge on any atom is 0.321 e. The topological polar surface area (TPSA) is 86.3 Å². The van der Waals surface area contributed by atoms with Crippen molar-refractivity contribution in [1.82, 2.24) is 29.7 Å². The summed E-state index contributed by atoms with van der Waals surface area (Å²) >= 11 is 0. The Kier molecular flexibility index (Phi) is 4.61. The van der Waals surface area contributed by atoms with Crippen molar-refractivity contribution in [2.45, 2.75) is 25.8 Å². The third-order valence-corrected chi connectivity index (χ3v) is 4.34. The first-order valence-electron chi connectivity index (χ1n) is 8.90. The van der Waals surface area contributed by atoms with Gasteiger partial charge in [0.25, 0.3) is 5.91 Å². The average molecular weight is 400 g/mol. The van der Waals surface area contributed by atoms with Crippen LogP contribution in [0.25, 0.3) is 22.2 Å². The molecule has 0 saturated heterocycles. The van der Waals surface area contributed by atoms with Crippen molar-refractivity contribution >= 4 is 22.5 Å². The van der Waals surface area contributed by atoms with Crippen LogP contribution in [0.4, 0.5) is 8.78 Å². The van der Waals surface area contributed by atoms with E-state index in [2.05, 4.69) is 20.6 Å². The van der Waals surface area contributed by atoms with Gasteiger partial charge in [-0.25, -0.2) is 4.68 Å². The lowest BCUT2D eigenvalue weighted by molar-refractivity contribution is -0.143. The highest BCUT2D eigenvalue weighted by molar-refractivity contribution is 5.83. The zero-order valence-electron chi connectivity index (χ0n) is 15.7. The van der Waals surface area contributed by atoms with Crippen LogP contribution in [-0.4, -0.2) is 48.9 Å². The minimum absolute atomic E-state index is 0.0613. The predicted octanol–water partition coefficient (Wildman–Crippen LogP) is 2.61. The Labute approximate surface area is 164 Å².